The van der Waals surface area contributed by atoms with Crippen LogP contribution >= 0.6 is 0 Å². The Morgan fingerprint density at radius 2 is 1.87 bits per heavy atom. The highest BCUT2D eigenvalue weighted by Crippen LogP contribution is 2.22. The molecular formula is C17H25N5O. The van der Waals surface area contributed by atoms with Gasteiger partial charge in [0.05, 0.1) is 0 Å². The fourth-order valence-electron chi connectivity index (χ4n) is 2.83. The van der Waals surface area contributed by atoms with Crippen molar-refractivity contribution >= 4 is 6.01 Å². The van der Waals surface area contributed by atoms with Crippen LogP contribution in [0.5, 0.6) is 0 Å². The van der Waals surface area contributed by atoms with Crippen molar-refractivity contribution in [2.45, 2.75) is 25.8 Å². The molecule has 0 radical (unpaired) electrons. The van der Waals surface area contributed by atoms with Gasteiger partial charge >= 0.3 is 6.01 Å². The summed E-state index contributed by atoms with van der Waals surface area (Å²) in [6, 6.07) is 10.0. The van der Waals surface area contributed by atoms with E-state index in [1.165, 1.54) is 19.4 Å². The number of unbranched alkanes of at least 4 members (excludes halogenated alkanes) is 1. The van der Waals surface area contributed by atoms with Crippen LogP contribution in [0.25, 0.3) is 0 Å². The van der Waals surface area contributed by atoms with E-state index in [2.05, 4.69) is 26.9 Å². The number of hydrogen-bond acceptors (Lipinski definition) is 6. The van der Waals surface area contributed by atoms with Crippen molar-refractivity contribution in [3.8, 4) is 0 Å². The minimum Gasteiger partial charge on any atom is -0.406 e. The Kier molecular flexibility index (Phi) is 5.25. The molecule has 3 rings (SSSR count). The van der Waals surface area contributed by atoms with Crippen molar-refractivity contribution in [3.63, 3.8) is 0 Å². The number of anilines is 1. The van der Waals surface area contributed by atoms with Gasteiger partial charge in [0.2, 0.25) is 5.89 Å². The number of aromatic nitrogens is 2. The van der Waals surface area contributed by atoms with Crippen LogP contribution in [0.1, 0.15) is 37.3 Å². The van der Waals surface area contributed by atoms with Gasteiger partial charge in [0.25, 0.3) is 0 Å². The van der Waals surface area contributed by atoms with Gasteiger partial charge in [-0.05, 0) is 18.5 Å². The largest absolute Gasteiger partial charge is 0.406 e. The van der Waals surface area contributed by atoms with Gasteiger partial charge in [-0.2, -0.15) is 0 Å². The lowest BCUT2D eigenvalue weighted by atomic mass is 10.1. The first-order valence-corrected chi connectivity index (χ1v) is 8.39. The molecule has 124 valence electrons. The molecule has 1 aliphatic rings. The highest BCUT2D eigenvalue weighted by atomic mass is 16.4. The molecule has 6 heteroatoms. The summed E-state index contributed by atoms with van der Waals surface area (Å²) in [5.74, 6) is 0.472. The van der Waals surface area contributed by atoms with E-state index >= 15 is 0 Å². The number of nitrogens with zero attached hydrogens (tertiary/aromatic N) is 4. The first-order chi connectivity index (χ1) is 11.3. The molecule has 1 saturated heterocycles. The first-order valence-electron chi connectivity index (χ1n) is 8.39. The van der Waals surface area contributed by atoms with Crippen LogP contribution in [0.15, 0.2) is 34.7 Å². The molecule has 2 aromatic rings. The van der Waals surface area contributed by atoms with Crippen molar-refractivity contribution < 1.29 is 4.42 Å². The number of rotatable bonds is 6. The van der Waals surface area contributed by atoms with E-state index in [0.29, 0.717) is 11.9 Å². The summed E-state index contributed by atoms with van der Waals surface area (Å²) in [6.45, 7) is 7.34. The average molecular weight is 315 g/mol. The van der Waals surface area contributed by atoms with Crippen LogP contribution in [-0.4, -0.2) is 47.8 Å². The Morgan fingerprint density at radius 1 is 1.13 bits per heavy atom. The molecular weight excluding hydrogens is 290 g/mol. The molecule has 0 amide bonds. The molecule has 1 aliphatic heterocycles. The van der Waals surface area contributed by atoms with Gasteiger partial charge in [-0.15, -0.1) is 5.10 Å². The van der Waals surface area contributed by atoms with Gasteiger partial charge in [-0.1, -0.05) is 48.8 Å². The van der Waals surface area contributed by atoms with Crippen LogP contribution in [0.2, 0.25) is 0 Å². The monoisotopic (exact) mass is 315 g/mol. The quantitative estimate of drug-likeness (QED) is 0.879. The maximum absolute atomic E-state index is 6.21. The van der Waals surface area contributed by atoms with Gasteiger partial charge in [-0.3, -0.25) is 4.90 Å². The zero-order valence-corrected chi connectivity index (χ0v) is 13.7. The molecule has 0 spiro atoms. The van der Waals surface area contributed by atoms with Gasteiger partial charge in [0.15, 0.2) is 0 Å². The number of hydrogen-bond donors (Lipinski definition) is 1. The summed E-state index contributed by atoms with van der Waals surface area (Å²) >= 11 is 0. The summed E-state index contributed by atoms with van der Waals surface area (Å²) in [5, 5.41) is 8.32. The van der Waals surface area contributed by atoms with E-state index in [1.807, 2.05) is 30.3 Å². The molecule has 2 N–H and O–H groups in total. The van der Waals surface area contributed by atoms with Crippen LogP contribution in [0.4, 0.5) is 6.01 Å². The maximum Gasteiger partial charge on any atom is 0.318 e. The summed E-state index contributed by atoms with van der Waals surface area (Å²) in [6.07, 6.45) is 2.50. The molecule has 1 aromatic carbocycles. The third-order valence-electron chi connectivity index (χ3n) is 4.33. The van der Waals surface area contributed by atoms with Crippen LogP contribution in [0, 0.1) is 0 Å². The van der Waals surface area contributed by atoms with Crippen molar-refractivity contribution in [2.24, 2.45) is 5.73 Å². The van der Waals surface area contributed by atoms with Gasteiger partial charge in [-0.25, -0.2) is 0 Å². The average Bonchev–Trinajstić information content (AvgIpc) is 3.10. The summed E-state index contributed by atoms with van der Waals surface area (Å²) in [5.41, 5.74) is 7.19. The van der Waals surface area contributed by atoms with Crippen LogP contribution in [0.3, 0.4) is 0 Å². The molecule has 2 heterocycles. The van der Waals surface area contributed by atoms with E-state index in [9.17, 15) is 0 Å². The Labute approximate surface area is 137 Å². The van der Waals surface area contributed by atoms with Crippen LogP contribution in [-0.2, 0) is 0 Å². The Hall–Kier alpha value is -1.92. The van der Waals surface area contributed by atoms with Crippen LogP contribution < -0.4 is 10.6 Å². The smallest absolute Gasteiger partial charge is 0.318 e. The molecule has 23 heavy (non-hydrogen) atoms. The Balaban J connectivity index is 1.60. The molecule has 1 fully saturated rings. The highest BCUT2D eigenvalue weighted by Gasteiger charge is 2.23. The van der Waals surface area contributed by atoms with E-state index in [-0.39, 0.29) is 6.04 Å². The predicted octanol–water partition coefficient (Wildman–Crippen LogP) is 2.04. The second kappa shape index (κ2) is 7.57. The normalized spacial score (nSPS) is 17.4. The third kappa shape index (κ3) is 3.89. The second-order valence-corrected chi connectivity index (χ2v) is 5.99. The van der Waals surface area contributed by atoms with Gasteiger partial charge in [0, 0.05) is 26.2 Å². The van der Waals surface area contributed by atoms with Crippen molar-refractivity contribution in [2.75, 3.05) is 37.6 Å². The van der Waals surface area contributed by atoms with Gasteiger partial charge < -0.3 is 15.1 Å². The predicted molar refractivity (Wildman–Crippen MR) is 90.3 cm³/mol. The second-order valence-electron chi connectivity index (χ2n) is 5.99. The minimum absolute atomic E-state index is 0.372. The molecule has 1 atom stereocenters. The fraction of sp³-hybridized carbons (Fsp3) is 0.529. The lowest BCUT2D eigenvalue weighted by Gasteiger charge is -2.33. The summed E-state index contributed by atoms with van der Waals surface area (Å²) in [7, 11) is 0. The molecule has 0 aliphatic carbocycles. The maximum atomic E-state index is 6.21. The SMILES string of the molecule is CCCCN1CCN(c2nnc([C@H](N)c3ccccc3)o2)CC1. The minimum atomic E-state index is -0.372. The van der Waals surface area contributed by atoms with Gasteiger partial charge in [0.1, 0.15) is 6.04 Å². The summed E-state index contributed by atoms with van der Waals surface area (Å²) < 4.78 is 5.82. The zero-order chi connectivity index (χ0) is 16.1. The van der Waals surface area contributed by atoms with Crippen molar-refractivity contribution in [1.82, 2.24) is 15.1 Å². The lowest BCUT2D eigenvalue weighted by Crippen LogP contribution is -2.46. The summed E-state index contributed by atoms with van der Waals surface area (Å²) in [4.78, 5) is 4.64. The molecule has 0 bridgehead atoms. The lowest BCUT2D eigenvalue weighted by molar-refractivity contribution is 0.249. The molecule has 1 aromatic heterocycles. The standard InChI is InChI=1S/C17H25N5O/c1-2-3-9-21-10-12-22(13-11-21)17-20-19-16(23-17)15(18)14-7-5-4-6-8-14/h4-8,15H,2-3,9-13,18H2,1H3/t15-/m1/s1. The van der Waals surface area contributed by atoms with E-state index < -0.39 is 0 Å². The van der Waals surface area contributed by atoms with Crippen molar-refractivity contribution in [1.29, 1.82) is 0 Å². The highest BCUT2D eigenvalue weighted by molar-refractivity contribution is 5.28. The number of benzene rings is 1. The molecule has 0 saturated carbocycles. The van der Waals surface area contributed by atoms with Crippen molar-refractivity contribution in [3.05, 3.63) is 41.8 Å². The third-order valence-corrected chi connectivity index (χ3v) is 4.33. The molecule has 6 nitrogen and oxygen atoms in total. The zero-order valence-electron chi connectivity index (χ0n) is 13.7. The Bertz CT molecular complexity index is 592. The number of piperazine rings is 1. The molecule has 0 unspecified atom stereocenters. The Morgan fingerprint density at radius 3 is 2.57 bits per heavy atom. The van der Waals surface area contributed by atoms with E-state index in [4.69, 9.17) is 10.2 Å². The first kappa shape index (κ1) is 16.0. The van der Waals surface area contributed by atoms with E-state index in [1.54, 1.807) is 0 Å². The topological polar surface area (TPSA) is 71.4 Å². The number of nitrogens with two attached hydrogens (primary N) is 1. The van der Waals surface area contributed by atoms with E-state index in [0.717, 1.165) is 31.7 Å². The fourth-order valence-corrected chi connectivity index (χ4v) is 2.83.